The van der Waals surface area contributed by atoms with Gasteiger partial charge in [-0.05, 0) is 31.5 Å². The third kappa shape index (κ3) is 2.29. The van der Waals surface area contributed by atoms with Gasteiger partial charge in [0.25, 0.3) is 0 Å². The van der Waals surface area contributed by atoms with Crippen molar-refractivity contribution in [2.24, 2.45) is 0 Å². The maximum atomic E-state index is 11.6. The van der Waals surface area contributed by atoms with E-state index < -0.39 is 5.41 Å². The number of hydrogen-bond donors (Lipinski definition) is 1. The van der Waals surface area contributed by atoms with Gasteiger partial charge < -0.3 is 10.1 Å². The molecule has 1 rings (SSSR count). The van der Waals surface area contributed by atoms with E-state index >= 15 is 0 Å². The number of rotatable bonds is 3. The van der Waals surface area contributed by atoms with E-state index in [4.69, 9.17) is 4.74 Å². The molecule has 0 aliphatic rings. The van der Waals surface area contributed by atoms with E-state index in [1.54, 1.807) is 0 Å². The maximum Gasteiger partial charge on any atom is 0.315 e. The van der Waals surface area contributed by atoms with Crippen LogP contribution in [0.2, 0.25) is 0 Å². The minimum atomic E-state index is -0.596. The van der Waals surface area contributed by atoms with Gasteiger partial charge in [0.05, 0.1) is 12.5 Å². The van der Waals surface area contributed by atoms with Crippen LogP contribution in [0.5, 0.6) is 0 Å². The van der Waals surface area contributed by atoms with Crippen molar-refractivity contribution in [2.75, 3.05) is 19.5 Å². The lowest BCUT2D eigenvalue weighted by Gasteiger charge is -2.22. The van der Waals surface area contributed by atoms with E-state index in [0.29, 0.717) is 0 Å². The molecule has 3 nitrogen and oxygen atoms in total. The number of nitrogens with one attached hydrogen (secondary N) is 1. The van der Waals surface area contributed by atoms with Crippen LogP contribution in [0.25, 0.3) is 0 Å². The van der Waals surface area contributed by atoms with Gasteiger partial charge in [0.2, 0.25) is 0 Å². The fourth-order valence-corrected chi connectivity index (χ4v) is 1.43. The molecule has 0 fully saturated rings. The van der Waals surface area contributed by atoms with E-state index in [2.05, 4.69) is 5.32 Å². The summed E-state index contributed by atoms with van der Waals surface area (Å²) in [6, 6.07) is 7.76. The molecular formula is C12H17NO2. The summed E-state index contributed by atoms with van der Waals surface area (Å²) in [6.07, 6.45) is 0. The number of anilines is 1. The first kappa shape index (κ1) is 11.6. The highest BCUT2D eigenvalue weighted by molar-refractivity contribution is 5.82. The van der Waals surface area contributed by atoms with Crippen molar-refractivity contribution in [2.45, 2.75) is 19.3 Å². The van der Waals surface area contributed by atoms with Gasteiger partial charge in [-0.1, -0.05) is 12.1 Å². The first-order chi connectivity index (χ1) is 7.02. The van der Waals surface area contributed by atoms with Gasteiger partial charge in [-0.2, -0.15) is 0 Å². The van der Waals surface area contributed by atoms with E-state index in [0.717, 1.165) is 11.3 Å². The SMILES string of the molecule is CNc1ccc(C(C)(C)C(=O)OC)cc1. The summed E-state index contributed by atoms with van der Waals surface area (Å²) in [5.74, 6) is -0.222. The van der Waals surface area contributed by atoms with Gasteiger partial charge in [0, 0.05) is 12.7 Å². The molecule has 1 N–H and O–H groups in total. The van der Waals surface area contributed by atoms with Gasteiger partial charge in [-0.25, -0.2) is 0 Å². The molecule has 1 aromatic rings. The Balaban J connectivity index is 3.00. The van der Waals surface area contributed by atoms with Crippen LogP contribution in [0, 0.1) is 0 Å². The average molecular weight is 207 g/mol. The van der Waals surface area contributed by atoms with Crippen LogP contribution in [-0.4, -0.2) is 20.1 Å². The quantitative estimate of drug-likeness (QED) is 0.772. The van der Waals surface area contributed by atoms with Crippen LogP contribution in [0.1, 0.15) is 19.4 Å². The second kappa shape index (κ2) is 4.34. The standard InChI is InChI=1S/C12H17NO2/c1-12(2,11(14)15-4)9-5-7-10(13-3)8-6-9/h5-8,13H,1-4H3. The second-order valence-corrected chi connectivity index (χ2v) is 3.94. The van der Waals surface area contributed by atoms with E-state index in [-0.39, 0.29) is 5.97 Å². The van der Waals surface area contributed by atoms with Crippen LogP contribution >= 0.6 is 0 Å². The fourth-order valence-electron chi connectivity index (χ4n) is 1.43. The van der Waals surface area contributed by atoms with Gasteiger partial charge >= 0.3 is 5.97 Å². The number of ether oxygens (including phenoxy) is 1. The zero-order valence-corrected chi connectivity index (χ0v) is 9.63. The van der Waals surface area contributed by atoms with E-state index in [1.165, 1.54) is 7.11 Å². The number of carbonyl (C=O) groups is 1. The molecule has 0 saturated carbocycles. The molecule has 0 unspecified atom stereocenters. The van der Waals surface area contributed by atoms with E-state index in [1.807, 2.05) is 45.2 Å². The van der Waals surface area contributed by atoms with Gasteiger partial charge in [0.1, 0.15) is 0 Å². The predicted octanol–water partition coefficient (Wildman–Crippen LogP) is 2.18. The Morgan fingerprint density at radius 3 is 2.20 bits per heavy atom. The van der Waals surface area contributed by atoms with E-state index in [9.17, 15) is 4.79 Å². The Morgan fingerprint density at radius 1 is 1.27 bits per heavy atom. The summed E-state index contributed by atoms with van der Waals surface area (Å²) in [6.45, 7) is 3.71. The Morgan fingerprint density at radius 2 is 1.80 bits per heavy atom. The Kier molecular flexibility index (Phi) is 3.35. The first-order valence-corrected chi connectivity index (χ1v) is 4.89. The second-order valence-electron chi connectivity index (χ2n) is 3.94. The topological polar surface area (TPSA) is 38.3 Å². The molecule has 0 saturated heterocycles. The molecule has 0 bridgehead atoms. The maximum absolute atomic E-state index is 11.6. The van der Waals surface area contributed by atoms with Gasteiger partial charge in [-0.15, -0.1) is 0 Å². The Labute approximate surface area is 90.4 Å². The molecule has 0 amide bonds. The molecule has 0 atom stereocenters. The van der Waals surface area contributed by atoms with Crippen LogP contribution in [0.4, 0.5) is 5.69 Å². The molecule has 82 valence electrons. The van der Waals surface area contributed by atoms with Crippen molar-refractivity contribution in [3.05, 3.63) is 29.8 Å². The lowest BCUT2D eigenvalue weighted by atomic mass is 9.85. The lowest BCUT2D eigenvalue weighted by molar-refractivity contribution is -0.146. The van der Waals surface area contributed by atoms with Crippen molar-refractivity contribution in [3.63, 3.8) is 0 Å². The van der Waals surface area contributed by atoms with Crippen LogP contribution in [0.15, 0.2) is 24.3 Å². The summed E-state index contributed by atoms with van der Waals surface area (Å²) >= 11 is 0. The summed E-state index contributed by atoms with van der Waals surface area (Å²) < 4.78 is 4.77. The molecule has 0 spiro atoms. The molecule has 0 aliphatic heterocycles. The Bertz CT molecular complexity index is 341. The minimum absolute atomic E-state index is 0.222. The zero-order valence-electron chi connectivity index (χ0n) is 9.63. The van der Waals surface area contributed by atoms with Gasteiger partial charge in [-0.3, -0.25) is 4.79 Å². The van der Waals surface area contributed by atoms with Crippen LogP contribution < -0.4 is 5.32 Å². The number of benzene rings is 1. The molecular weight excluding hydrogens is 190 g/mol. The summed E-state index contributed by atoms with van der Waals surface area (Å²) in [5, 5.41) is 3.03. The zero-order chi connectivity index (χ0) is 11.5. The third-order valence-electron chi connectivity index (χ3n) is 2.59. The van der Waals surface area contributed by atoms with Crippen LogP contribution in [-0.2, 0) is 14.9 Å². The largest absolute Gasteiger partial charge is 0.468 e. The van der Waals surface area contributed by atoms with Crippen molar-refractivity contribution < 1.29 is 9.53 Å². The highest BCUT2D eigenvalue weighted by Gasteiger charge is 2.30. The summed E-state index contributed by atoms with van der Waals surface area (Å²) in [4.78, 5) is 11.6. The van der Waals surface area contributed by atoms with Crippen molar-refractivity contribution in [1.29, 1.82) is 0 Å². The summed E-state index contributed by atoms with van der Waals surface area (Å²) in [7, 11) is 3.27. The molecule has 0 heterocycles. The molecule has 0 aliphatic carbocycles. The number of esters is 1. The number of hydrogen-bond acceptors (Lipinski definition) is 3. The molecule has 1 aromatic carbocycles. The highest BCUT2D eigenvalue weighted by Crippen LogP contribution is 2.25. The third-order valence-corrected chi connectivity index (χ3v) is 2.59. The molecule has 3 heteroatoms. The fraction of sp³-hybridized carbons (Fsp3) is 0.417. The summed E-state index contributed by atoms with van der Waals surface area (Å²) in [5.41, 5.74) is 1.38. The molecule has 0 aromatic heterocycles. The normalized spacial score (nSPS) is 10.9. The highest BCUT2D eigenvalue weighted by atomic mass is 16.5. The Hall–Kier alpha value is -1.51. The number of carbonyl (C=O) groups excluding carboxylic acids is 1. The molecule has 15 heavy (non-hydrogen) atoms. The lowest BCUT2D eigenvalue weighted by Crippen LogP contribution is -2.30. The van der Waals surface area contributed by atoms with Crippen LogP contribution in [0.3, 0.4) is 0 Å². The first-order valence-electron chi connectivity index (χ1n) is 4.89. The minimum Gasteiger partial charge on any atom is -0.468 e. The van der Waals surface area contributed by atoms with Crippen molar-refractivity contribution in [3.8, 4) is 0 Å². The van der Waals surface area contributed by atoms with Gasteiger partial charge in [0.15, 0.2) is 0 Å². The monoisotopic (exact) mass is 207 g/mol. The smallest absolute Gasteiger partial charge is 0.315 e. The number of methoxy groups -OCH3 is 1. The predicted molar refractivity (Wildman–Crippen MR) is 61.0 cm³/mol. The van der Waals surface area contributed by atoms with Crippen molar-refractivity contribution in [1.82, 2.24) is 0 Å². The average Bonchev–Trinajstić information content (AvgIpc) is 2.28. The van der Waals surface area contributed by atoms with Crippen molar-refractivity contribution >= 4 is 11.7 Å². The molecule has 0 radical (unpaired) electrons.